The molecule has 2 heterocycles. The lowest BCUT2D eigenvalue weighted by molar-refractivity contribution is -0.117. The number of anilines is 1. The third kappa shape index (κ3) is 2.44. The predicted molar refractivity (Wildman–Crippen MR) is 80.7 cm³/mol. The number of benzene rings is 1. The van der Waals surface area contributed by atoms with Crippen molar-refractivity contribution in [1.82, 2.24) is 15.3 Å². The molecule has 2 N–H and O–H groups in total. The SMILES string of the molecule is CNC1C(=O)Nc2cc(Sc3ccncn3)c(Br)cc21. The van der Waals surface area contributed by atoms with Gasteiger partial charge in [-0.25, -0.2) is 9.97 Å². The lowest BCUT2D eigenvalue weighted by Gasteiger charge is -2.09. The number of carbonyl (C=O) groups excluding carboxylic acids is 1. The Morgan fingerprint density at radius 2 is 2.30 bits per heavy atom. The van der Waals surface area contributed by atoms with Crippen LogP contribution in [0.5, 0.6) is 0 Å². The lowest BCUT2D eigenvalue weighted by atomic mass is 10.1. The topological polar surface area (TPSA) is 66.9 Å². The number of nitrogens with one attached hydrogen (secondary N) is 2. The number of rotatable bonds is 3. The molecule has 1 unspecified atom stereocenters. The summed E-state index contributed by atoms with van der Waals surface area (Å²) in [6.45, 7) is 0. The number of halogens is 1. The van der Waals surface area contributed by atoms with Crippen molar-refractivity contribution < 1.29 is 4.79 Å². The first-order chi connectivity index (χ1) is 9.69. The number of aromatic nitrogens is 2. The fourth-order valence-corrected chi connectivity index (χ4v) is 3.47. The van der Waals surface area contributed by atoms with Crippen LogP contribution in [0.25, 0.3) is 0 Å². The van der Waals surface area contributed by atoms with E-state index in [0.29, 0.717) is 0 Å². The summed E-state index contributed by atoms with van der Waals surface area (Å²) >= 11 is 5.07. The smallest absolute Gasteiger partial charge is 0.246 e. The molecule has 3 rings (SSSR count). The highest BCUT2D eigenvalue weighted by Gasteiger charge is 2.30. The normalized spacial score (nSPS) is 16.9. The van der Waals surface area contributed by atoms with Crippen molar-refractivity contribution in [2.45, 2.75) is 16.0 Å². The molecule has 0 spiro atoms. The van der Waals surface area contributed by atoms with E-state index in [9.17, 15) is 4.79 Å². The van der Waals surface area contributed by atoms with Crippen molar-refractivity contribution in [3.63, 3.8) is 0 Å². The van der Waals surface area contributed by atoms with Crippen molar-refractivity contribution in [1.29, 1.82) is 0 Å². The van der Waals surface area contributed by atoms with Gasteiger partial charge in [0.25, 0.3) is 0 Å². The standard InChI is InChI=1S/C13H11BrN4OS/c1-15-12-7-4-8(14)10(5-9(7)18-13(12)19)20-11-2-3-16-6-17-11/h2-6,12,15H,1H3,(H,18,19). The highest BCUT2D eigenvalue weighted by Crippen LogP contribution is 2.40. The molecule has 1 aromatic carbocycles. The maximum atomic E-state index is 11.8. The first-order valence-electron chi connectivity index (χ1n) is 5.94. The van der Waals surface area contributed by atoms with Gasteiger partial charge >= 0.3 is 0 Å². The highest BCUT2D eigenvalue weighted by atomic mass is 79.9. The molecule has 0 saturated heterocycles. The van der Waals surface area contributed by atoms with Gasteiger partial charge in [-0.2, -0.15) is 0 Å². The van der Waals surface area contributed by atoms with Gasteiger partial charge in [0.1, 0.15) is 17.4 Å². The van der Waals surface area contributed by atoms with E-state index in [1.54, 1.807) is 13.2 Å². The number of hydrogen-bond acceptors (Lipinski definition) is 5. The van der Waals surface area contributed by atoms with E-state index < -0.39 is 0 Å². The lowest BCUT2D eigenvalue weighted by Crippen LogP contribution is -2.23. The maximum absolute atomic E-state index is 11.8. The minimum atomic E-state index is -0.292. The van der Waals surface area contributed by atoms with Gasteiger partial charge in [0, 0.05) is 26.8 Å². The van der Waals surface area contributed by atoms with E-state index in [1.165, 1.54) is 18.1 Å². The summed E-state index contributed by atoms with van der Waals surface area (Å²) in [6, 6.07) is 5.48. The van der Waals surface area contributed by atoms with Crippen molar-refractivity contribution in [2.75, 3.05) is 12.4 Å². The van der Waals surface area contributed by atoms with Gasteiger partial charge < -0.3 is 10.6 Å². The zero-order valence-corrected chi connectivity index (χ0v) is 13.0. The molecule has 1 atom stereocenters. The summed E-state index contributed by atoms with van der Waals surface area (Å²) in [5.41, 5.74) is 1.80. The second-order valence-corrected chi connectivity index (χ2v) is 6.15. The second kappa shape index (κ2) is 5.51. The number of hydrogen-bond donors (Lipinski definition) is 2. The summed E-state index contributed by atoms with van der Waals surface area (Å²) in [4.78, 5) is 20.9. The Labute approximate surface area is 128 Å². The Kier molecular flexibility index (Phi) is 3.73. The molecule has 0 radical (unpaired) electrons. The van der Waals surface area contributed by atoms with Gasteiger partial charge in [-0.15, -0.1) is 0 Å². The van der Waals surface area contributed by atoms with Crippen LogP contribution in [0.4, 0.5) is 5.69 Å². The van der Waals surface area contributed by atoms with Crippen LogP contribution in [-0.4, -0.2) is 22.9 Å². The van der Waals surface area contributed by atoms with Crippen molar-refractivity contribution in [3.8, 4) is 0 Å². The van der Waals surface area contributed by atoms with E-state index in [-0.39, 0.29) is 11.9 Å². The summed E-state index contributed by atoms with van der Waals surface area (Å²) in [5, 5.41) is 6.75. The molecule has 0 aliphatic carbocycles. The molecule has 1 amide bonds. The predicted octanol–water partition coefficient (Wildman–Crippen LogP) is 2.60. The zero-order chi connectivity index (χ0) is 14.1. The molecule has 102 valence electrons. The van der Waals surface area contributed by atoms with Crippen molar-refractivity contribution >= 4 is 39.3 Å². The largest absolute Gasteiger partial charge is 0.324 e. The van der Waals surface area contributed by atoms with Crippen LogP contribution in [0.15, 0.2) is 45.1 Å². The Morgan fingerprint density at radius 1 is 1.45 bits per heavy atom. The quantitative estimate of drug-likeness (QED) is 0.832. The summed E-state index contributed by atoms with van der Waals surface area (Å²) in [7, 11) is 1.77. The minimum Gasteiger partial charge on any atom is -0.324 e. The molecule has 7 heteroatoms. The van der Waals surface area contributed by atoms with Crippen LogP contribution in [0, 0.1) is 0 Å². The summed E-state index contributed by atoms with van der Waals surface area (Å²) in [6.07, 6.45) is 3.22. The monoisotopic (exact) mass is 350 g/mol. The van der Waals surface area contributed by atoms with Crippen molar-refractivity contribution in [2.24, 2.45) is 0 Å². The highest BCUT2D eigenvalue weighted by molar-refractivity contribution is 9.10. The molecular weight excluding hydrogens is 340 g/mol. The average molecular weight is 351 g/mol. The van der Waals surface area contributed by atoms with Crippen LogP contribution in [0.2, 0.25) is 0 Å². The molecule has 1 aromatic heterocycles. The number of fused-ring (bicyclic) bond motifs is 1. The van der Waals surface area contributed by atoms with Crippen LogP contribution >= 0.6 is 27.7 Å². The second-order valence-electron chi connectivity index (χ2n) is 4.23. The Bertz CT molecular complexity index is 665. The van der Waals surface area contributed by atoms with Crippen molar-refractivity contribution in [3.05, 3.63) is 40.8 Å². The first kappa shape index (κ1) is 13.5. The fourth-order valence-electron chi connectivity index (χ4n) is 2.08. The third-order valence-corrected chi connectivity index (χ3v) is 4.92. The van der Waals surface area contributed by atoms with Crippen LogP contribution in [-0.2, 0) is 4.79 Å². The van der Waals surface area contributed by atoms with Gasteiger partial charge in [-0.05, 0) is 41.2 Å². The average Bonchev–Trinajstić information content (AvgIpc) is 2.75. The van der Waals surface area contributed by atoms with E-state index in [1.807, 2.05) is 18.2 Å². The number of amides is 1. The van der Waals surface area contributed by atoms with Crippen LogP contribution < -0.4 is 10.6 Å². The molecule has 0 fully saturated rings. The Morgan fingerprint density at radius 3 is 3.00 bits per heavy atom. The molecule has 1 aliphatic heterocycles. The van der Waals surface area contributed by atoms with E-state index in [4.69, 9.17) is 0 Å². The fraction of sp³-hybridized carbons (Fsp3) is 0.154. The minimum absolute atomic E-state index is 0.0291. The Balaban J connectivity index is 1.96. The molecular formula is C13H11BrN4OS. The van der Waals surface area contributed by atoms with E-state index in [2.05, 4.69) is 36.5 Å². The molecule has 0 saturated carbocycles. The molecule has 5 nitrogen and oxygen atoms in total. The summed E-state index contributed by atoms with van der Waals surface area (Å²) in [5.74, 6) is -0.0291. The summed E-state index contributed by atoms with van der Waals surface area (Å²) < 4.78 is 0.941. The Hall–Kier alpha value is -1.44. The van der Waals surface area contributed by atoms with Gasteiger partial charge in [0.05, 0.1) is 0 Å². The maximum Gasteiger partial charge on any atom is 0.246 e. The van der Waals surface area contributed by atoms with Gasteiger partial charge in [-0.3, -0.25) is 4.79 Å². The van der Waals surface area contributed by atoms with Gasteiger partial charge in [0.2, 0.25) is 5.91 Å². The first-order valence-corrected chi connectivity index (χ1v) is 7.55. The van der Waals surface area contributed by atoms with E-state index in [0.717, 1.165) is 25.6 Å². The van der Waals surface area contributed by atoms with Gasteiger partial charge in [0.15, 0.2) is 0 Å². The number of likely N-dealkylation sites (N-methyl/N-ethyl adjacent to an activating group) is 1. The van der Waals surface area contributed by atoms with E-state index >= 15 is 0 Å². The molecule has 2 aromatic rings. The van der Waals surface area contributed by atoms with Crippen LogP contribution in [0.1, 0.15) is 11.6 Å². The number of nitrogens with zero attached hydrogens (tertiary/aromatic N) is 2. The van der Waals surface area contributed by atoms with Crippen LogP contribution in [0.3, 0.4) is 0 Å². The van der Waals surface area contributed by atoms with Gasteiger partial charge in [-0.1, -0.05) is 11.8 Å². The molecule has 0 bridgehead atoms. The third-order valence-electron chi connectivity index (χ3n) is 2.99. The number of carbonyl (C=O) groups is 1. The zero-order valence-electron chi connectivity index (χ0n) is 10.6. The molecule has 1 aliphatic rings. The molecule has 20 heavy (non-hydrogen) atoms.